The molecule has 2 aromatic heterocycles. The molecule has 0 radical (unpaired) electrons. The standard InChI is InChI=1S/C20H24N4O3/c1-26-14-7-4-8-15(10-14)27-16(9-13-5-2-3-6-13)11-17-23-18-19(24-17)21-12-22-20(18)25/h4,7-8,10,12-13,16H,2-3,5-6,9,11H2,1H3,(H2,21,22,23,24,25). The molecule has 27 heavy (non-hydrogen) atoms. The molecule has 2 heterocycles. The molecule has 1 fully saturated rings. The van der Waals surface area contributed by atoms with Crippen LogP contribution in [0, 0.1) is 5.92 Å². The predicted octanol–water partition coefficient (Wildman–Crippen LogP) is 3.23. The van der Waals surface area contributed by atoms with Gasteiger partial charge in [-0.15, -0.1) is 0 Å². The number of aromatic amines is 2. The maximum absolute atomic E-state index is 11.9. The third-order valence-corrected chi connectivity index (χ3v) is 5.18. The van der Waals surface area contributed by atoms with E-state index in [0.717, 1.165) is 23.7 Å². The Bertz CT molecular complexity index is 959. The quantitative estimate of drug-likeness (QED) is 0.668. The molecule has 1 atom stereocenters. The number of imidazole rings is 1. The zero-order valence-electron chi connectivity index (χ0n) is 15.4. The molecular formula is C20H24N4O3. The molecule has 1 aliphatic carbocycles. The van der Waals surface area contributed by atoms with Gasteiger partial charge in [-0.1, -0.05) is 31.7 Å². The lowest BCUT2D eigenvalue weighted by atomic mass is 9.98. The smallest absolute Gasteiger partial charge is 0.276 e. The van der Waals surface area contributed by atoms with Gasteiger partial charge >= 0.3 is 0 Å². The van der Waals surface area contributed by atoms with Crippen LogP contribution in [0.5, 0.6) is 11.5 Å². The molecule has 7 heteroatoms. The SMILES string of the molecule is COc1cccc(OC(Cc2nc3nc[nH]c(=O)c3[nH]2)CC2CCCC2)c1. The van der Waals surface area contributed by atoms with E-state index < -0.39 is 0 Å². The highest BCUT2D eigenvalue weighted by atomic mass is 16.5. The fraction of sp³-hybridized carbons (Fsp3) is 0.450. The van der Waals surface area contributed by atoms with Gasteiger partial charge in [-0.2, -0.15) is 0 Å². The molecule has 4 rings (SSSR count). The van der Waals surface area contributed by atoms with Crippen molar-refractivity contribution in [2.24, 2.45) is 5.92 Å². The molecule has 3 aromatic rings. The Kier molecular flexibility index (Phi) is 5.09. The van der Waals surface area contributed by atoms with Gasteiger partial charge in [0.1, 0.15) is 23.4 Å². The summed E-state index contributed by atoms with van der Waals surface area (Å²) in [6, 6.07) is 7.66. The van der Waals surface area contributed by atoms with Gasteiger partial charge in [0.15, 0.2) is 11.2 Å². The van der Waals surface area contributed by atoms with E-state index in [1.807, 2.05) is 24.3 Å². The molecule has 1 aromatic carbocycles. The van der Waals surface area contributed by atoms with Crippen molar-refractivity contribution < 1.29 is 9.47 Å². The van der Waals surface area contributed by atoms with Gasteiger partial charge in [-0.25, -0.2) is 9.97 Å². The van der Waals surface area contributed by atoms with Gasteiger partial charge in [0.2, 0.25) is 0 Å². The summed E-state index contributed by atoms with van der Waals surface area (Å²) in [5.41, 5.74) is 0.642. The number of hydrogen-bond donors (Lipinski definition) is 2. The molecule has 0 spiro atoms. The minimum absolute atomic E-state index is 0.0279. The van der Waals surface area contributed by atoms with Gasteiger partial charge < -0.3 is 19.4 Å². The number of ether oxygens (including phenoxy) is 2. The topological polar surface area (TPSA) is 92.9 Å². The monoisotopic (exact) mass is 368 g/mol. The zero-order chi connectivity index (χ0) is 18.6. The Balaban J connectivity index is 1.56. The van der Waals surface area contributed by atoms with Crippen molar-refractivity contribution in [3.05, 3.63) is 46.8 Å². The zero-order valence-corrected chi connectivity index (χ0v) is 15.4. The molecule has 2 N–H and O–H groups in total. The number of rotatable bonds is 7. The van der Waals surface area contributed by atoms with E-state index in [2.05, 4.69) is 19.9 Å². The second kappa shape index (κ2) is 7.82. The molecule has 0 aliphatic heterocycles. The summed E-state index contributed by atoms with van der Waals surface area (Å²) >= 11 is 0. The van der Waals surface area contributed by atoms with Crippen molar-refractivity contribution in [2.75, 3.05) is 7.11 Å². The average molecular weight is 368 g/mol. The van der Waals surface area contributed by atoms with Crippen LogP contribution in [0.4, 0.5) is 0 Å². The summed E-state index contributed by atoms with van der Waals surface area (Å²) in [4.78, 5) is 26.2. The summed E-state index contributed by atoms with van der Waals surface area (Å²) in [5, 5.41) is 0. The molecule has 1 unspecified atom stereocenters. The van der Waals surface area contributed by atoms with Gasteiger partial charge in [0.05, 0.1) is 13.4 Å². The van der Waals surface area contributed by atoms with Crippen molar-refractivity contribution in [3.8, 4) is 11.5 Å². The largest absolute Gasteiger partial charge is 0.497 e. The van der Waals surface area contributed by atoms with Gasteiger partial charge in [0, 0.05) is 12.5 Å². The van der Waals surface area contributed by atoms with Crippen molar-refractivity contribution in [3.63, 3.8) is 0 Å². The summed E-state index contributed by atoms with van der Waals surface area (Å²) < 4.78 is 11.6. The fourth-order valence-corrected chi connectivity index (χ4v) is 3.86. The van der Waals surface area contributed by atoms with Crippen LogP contribution in [0.2, 0.25) is 0 Å². The maximum atomic E-state index is 11.9. The molecular weight excluding hydrogens is 344 g/mol. The normalized spacial score (nSPS) is 15.9. The van der Waals surface area contributed by atoms with E-state index in [1.54, 1.807) is 7.11 Å². The molecule has 1 aliphatic rings. The molecule has 0 amide bonds. The summed E-state index contributed by atoms with van der Waals surface area (Å²) in [5.74, 6) is 2.95. The molecule has 0 bridgehead atoms. The van der Waals surface area contributed by atoms with Crippen LogP contribution in [-0.2, 0) is 6.42 Å². The van der Waals surface area contributed by atoms with Crippen LogP contribution < -0.4 is 15.0 Å². The van der Waals surface area contributed by atoms with Crippen LogP contribution in [0.15, 0.2) is 35.4 Å². The van der Waals surface area contributed by atoms with E-state index in [-0.39, 0.29) is 11.7 Å². The second-order valence-electron chi connectivity index (χ2n) is 7.12. The van der Waals surface area contributed by atoms with E-state index >= 15 is 0 Å². The Morgan fingerprint density at radius 3 is 2.85 bits per heavy atom. The van der Waals surface area contributed by atoms with Crippen molar-refractivity contribution in [1.29, 1.82) is 0 Å². The first-order valence-electron chi connectivity index (χ1n) is 9.44. The van der Waals surface area contributed by atoms with Gasteiger partial charge in [-0.05, 0) is 24.5 Å². The lowest BCUT2D eigenvalue weighted by molar-refractivity contribution is 0.165. The van der Waals surface area contributed by atoms with Crippen molar-refractivity contribution in [1.82, 2.24) is 19.9 Å². The van der Waals surface area contributed by atoms with Crippen LogP contribution in [0.1, 0.15) is 37.9 Å². The van der Waals surface area contributed by atoms with Crippen LogP contribution in [0.25, 0.3) is 11.2 Å². The van der Waals surface area contributed by atoms with E-state index in [9.17, 15) is 4.79 Å². The number of fused-ring (bicyclic) bond motifs is 1. The number of H-pyrrole nitrogens is 2. The number of benzene rings is 1. The highest BCUT2D eigenvalue weighted by Gasteiger charge is 2.23. The number of aromatic nitrogens is 4. The summed E-state index contributed by atoms with van der Waals surface area (Å²) in [7, 11) is 1.65. The van der Waals surface area contributed by atoms with Crippen LogP contribution >= 0.6 is 0 Å². The molecule has 7 nitrogen and oxygen atoms in total. The Morgan fingerprint density at radius 2 is 2.07 bits per heavy atom. The van der Waals surface area contributed by atoms with E-state index in [1.165, 1.54) is 32.0 Å². The first-order chi connectivity index (χ1) is 13.2. The third-order valence-electron chi connectivity index (χ3n) is 5.18. The first-order valence-corrected chi connectivity index (χ1v) is 9.44. The second-order valence-corrected chi connectivity index (χ2v) is 7.12. The summed E-state index contributed by atoms with van der Waals surface area (Å²) in [6.45, 7) is 0. The maximum Gasteiger partial charge on any atom is 0.276 e. The number of nitrogens with zero attached hydrogens (tertiary/aromatic N) is 2. The van der Waals surface area contributed by atoms with Crippen LogP contribution in [0.3, 0.4) is 0 Å². The fourth-order valence-electron chi connectivity index (χ4n) is 3.86. The van der Waals surface area contributed by atoms with Gasteiger partial charge in [0.25, 0.3) is 5.56 Å². The highest BCUT2D eigenvalue weighted by Crippen LogP contribution is 2.31. The number of methoxy groups -OCH3 is 1. The number of hydrogen-bond acceptors (Lipinski definition) is 5. The molecule has 0 saturated heterocycles. The van der Waals surface area contributed by atoms with E-state index in [4.69, 9.17) is 9.47 Å². The molecule has 142 valence electrons. The van der Waals surface area contributed by atoms with Crippen molar-refractivity contribution >= 4 is 11.2 Å². The number of nitrogens with one attached hydrogen (secondary N) is 2. The Labute approximate surface area is 157 Å². The first kappa shape index (κ1) is 17.6. The van der Waals surface area contributed by atoms with Crippen LogP contribution in [-0.4, -0.2) is 33.1 Å². The lowest BCUT2D eigenvalue weighted by Gasteiger charge is -2.22. The van der Waals surface area contributed by atoms with Crippen molar-refractivity contribution in [2.45, 2.75) is 44.6 Å². The van der Waals surface area contributed by atoms with E-state index in [0.29, 0.717) is 23.5 Å². The Hall–Kier alpha value is -2.83. The lowest BCUT2D eigenvalue weighted by Crippen LogP contribution is -2.23. The average Bonchev–Trinajstić information content (AvgIpc) is 3.32. The minimum Gasteiger partial charge on any atom is -0.497 e. The minimum atomic E-state index is -0.209. The highest BCUT2D eigenvalue weighted by molar-refractivity contribution is 5.68. The predicted molar refractivity (Wildman–Crippen MR) is 102 cm³/mol. The Morgan fingerprint density at radius 1 is 1.26 bits per heavy atom. The van der Waals surface area contributed by atoms with Gasteiger partial charge in [-0.3, -0.25) is 4.79 Å². The third kappa shape index (κ3) is 4.13. The summed E-state index contributed by atoms with van der Waals surface area (Å²) in [6.07, 6.45) is 8.00. The molecule has 1 saturated carbocycles.